The molecule has 0 bridgehead atoms. The third-order valence-corrected chi connectivity index (χ3v) is 4.93. The third kappa shape index (κ3) is 2.72. The molecule has 16 heavy (non-hydrogen) atoms. The van der Waals surface area contributed by atoms with Crippen LogP contribution in [0.3, 0.4) is 0 Å². The number of amidine groups is 1. The second-order valence-corrected chi connectivity index (χ2v) is 6.22. The van der Waals surface area contributed by atoms with E-state index in [0.29, 0.717) is 6.10 Å². The van der Waals surface area contributed by atoms with Gasteiger partial charge in [-0.05, 0) is 38.0 Å². The first-order valence-corrected chi connectivity index (χ1v) is 7.36. The van der Waals surface area contributed by atoms with Gasteiger partial charge in [0.1, 0.15) is 0 Å². The van der Waals surface area contributed by atoms with Gasteiger partial charge < -0.3 is 10.1 Å². The standard InChI is InChI=1S/C12H20N2OS/c1-2-10(15-7-1)5-6-13-12-14-8-11(16-12)9-3-4-9/h9-11H,1-8H2,(H,13,14). The van der Waals surface area contributed by atoms with E-state index in [-0.39, 0.29) is 0 Å². The second kappa shape index (κ2) is 4.96. The van der Waals surface area contributed by atoms with E-state index in [0.717, 1.165) is 37.3 Å². The van der Waals surface area contributed by atoms with E-state index in [1.165, 1.54) is 30.9 Å². The summed E-state index contributed by atoms with van der Waals surface area (Å²) in [6.45, 7) is 3.02. The van der Waals surface area contributed by atoms with Crippen molar-refractivity contribution < 1.29 is 4.74 Å². The first kappa shape index (κ1) is 10.9. The minimum absolute atomic E-state index is 0.499. The lowest BCUT2D eigenvalue weighted by Gasteiger charge is -2.11. The molecule has 90 valence electrons. The summed E-state index contributed by atoms with van der Waals surface area (Å²) in [4.78, 5) is 4.57. The molecule has 1 aliphatic carbocycles. The Labute approximate surface area is 101 Å². The minimum atomic E-state index is 0.499. The van der Waals surface area contributed by atoms with Crippen molar-refractivity contribution in [2.75, 3.05) is 19.7 Å². The molecule has 1 saturated carbocycles. The summed E-state index contributed by atoms with van der Waals surface area (Å²) < 4.78 is 5.60. The average Bonchev–Trinajstić information content (AvgIpc) is 2.83. The van der Waals surface area contributed by atoms with Crippen LogP contribution in [-0.2, 0) is 4.74 Å². The summed E-state index contributed by atoms with van der Waals surface area (Å²) >= 11 is 1.96. The van der Waals surface area contributed by atoms with Crippen LogP contribution >= 0.6 is 11.8 Å². The van der Waals surface area contributed by atoms with Crippen molar-refractivity contribution in [3.63, 3.8) is 0 Å². The maximum atomic E-state index is 5.60. The molecule has 3 aliphatic rings. The van der Waals surface area contributed by atoms with Crippen molar-refractivity contribution >= 4 is 16.9 Å². The molecular formula is C12H20N2OS. The molecule has 4 heteroatoms. The molecule has 0 aromatic heterocycles. The fraction of sp³-hybridized carbons (Fsp3) is 0.917. The maximum Gasteiger partial charge on any atom is 0.156 e. The smallest absolute Gasteiger partial charge is 0.156 e. The summed E-state index contributed by atoms with van der Waals surface area (Å²) in [5.74, 6) is 0.964. The number of nitrogens with zero attached hydrogens (tertiary/aromatic N) is 1. The number of hydrogen-bond acceptors (Lipinski definition) is 4. The summed E-state index contributed by atoms with van der Waals surface area (Å²) in [5, 5.41) is 5.41. The molecule has 3 nitrogen and oxygen atoms in total. The Balaban J connectivity index is 1.33. The number of hydrogen-bond donors (Lipinski definition) is 1. The Kier molecular flexibility index (Phi) is 3.38. The first-order chi connectivity index (χ1) is 7.92. The van der Waals surface area contributed by atoms with E-state index >= 15 is 0 Å². The zero-order valence-corrected chi connectivity index (χ0v) is 10.5. The highest BCUT2D eigenvalue weighted by Crippen LogP contribution is 2.41. The quantitative estimate of drug-likeness (QED) is 0.816. The molecule has 0 radical (unpaired) electrons. The molecule has 2 atom stereocenters. The van der Waals surface area contributed by atoms with E-state index in [2.05, 4.69) is 10.3 Å². The van der Waals surface area contributed by atoms with Crippen LogP contribution in [0.4, 0.5) is 0 Å². The van der Waals surface area contributed by atoms with Gasteiger partial charge in [-0.25, -0.2) is 0 Å². The molecule has 0 amide bonds. The zero-order chi connectivity index (χ0) is 10.8. The lowest BCUT2D eigenvalue weighted by atomic mass is 10.2. The zero-order valence-electron chi connectivity index (χ0n) is 9.65. The predicted molar refractivity (Wildman–Crippen MR) is 68.0 cm³/mol. The molecule has 2 heterocycles. The van der Waals surface area contributed by atoms with E-state index in [1.807, 2.05) is 11.8 Å². The van der Waals surface area contributed by atoms with E-state index in [1.54, 1.807) is 0 Å². The van der Waals surface area contributed by atoms with Crippen LogP contribution in [0.1, 0.15) is 32.1 Å². The van der Waals surface area contributed by atoms with Gasteiger partial charge in [0.15, 0.2) is 5.17 Å². The first-order valence-electron chi connectivity index (χ1n) is 6.48. The van der Waals surface area contributed by atoms with E-state index < -0.39 is 0 Å². The van der Waals surface area contributed by atoms with Gasteiger partial charge in [-0.2, -0.15) is 0 Å². The number of ether oxygens (including phenoxy) is 1. The lowest BCUT2D eigenvalue weighted by Crippen LogP contribution is -2.24. The topological polar surface area (TPSA) is 33.6 Å². The molecule has 3 rings (SSSR count). The number of rotatable bonds is 4. The van der Waals surface area contributed by atoms with Crippen molar-refractivity contribution in [2.24, 2.45) is 10.9 Å². The van der Waals surface area contributed by atoms with Crippen molar-refractivity contribution in [2.45, 2.75) is 43.5 Å². The summed E-state index contributed by atoms with van der Waals surface area (Å²) in [6, 6.07) is 0. The van der Waals surface area contributed by atoms with Crippen LogP contribution < -0.4 is 5.32 Å². The SMILES string of the molecule is C1COC(CCNC2=NCC(C3CC3)S2)C1. The van der Waals surface area contributed by atoms with Crippen LogP contribution in [0.2, 0.25) is 0 Å². The Morgan fingerprint density at radius 2 is 2.31 bits per heavy atom. The van der Waals surface area contributed by atoms with Crippen LogP contribution in [0.25, 0.3) is 0 Å². The molecule has 1 saturated heterocycles. The van der Waals surface area contributed by atoms with Gasteiger partial charge >= 0.3 is 0 Å². The van der Waals surface area contributed by atoms with Crippen molar-refractivity contribution in [3.8, 4) is 0 Å². The fourth-order valence-corrected chi connectivity index (χ4v) is 3.65. The highest BCUT2D eigenvalue weighted by Gasteiger charge is 2.35. The monoisotopic (exact) mass is 240 g/mol. The van der Waals surface area contributed by atoms with Gasteiger partial charge in [0.2, 0.25) is 0 Å². The molecule has 1 N–H and O–H groups in total. The number of nitrogens with one attached hydrogen (secondary N) is 1. The molecule has 0 aromatic rings. The molecule has 0 aromatic carbocycles. The van der Waals surface area contributed by atoms with Gasteiger partial charge in [0.05, 0.1) is 12.6 Å². The Morgan fingerprint density at radius 3 is 3.06 bits per heavy atom. The third-order valence-electron chi connectivity index (χ3n) is 3.59. The van der Waals surface area contributed by atoms with Gasteiger partial charge in [-0.1, -0.05) is 11.8 Å². The number of thioether (sulfide) groups is 1. The van der Waals surface area contributed by atoms with Crippen LogP contribution in [0, 0.1) is 5.92 Å². The van der Waals surface area contributed by atoms with Crippen LogP contribution in [-0.4, -0.2) is 36.2 Å². The van der Waals surface area contributed by atoms with Crippen LogP contribution in [0.5, 0.6) is 0 Å². The van der Waals surface area contributed by atoms with Gasteiger partial charge in [0.25, 0.3) is 0 Å². The molecule has 2 unspecified atom stereocenters. The lowest BCUT2D eigenvalue weighted by molar-refractivity contribution is 0.105. The second-order valence-electron chi connectivity index (χ2n) is 4.99. The van der Waals surface area contributed by atoms with Gasteiger partial charge in [-0.15, -0.1) is 0 Å². The summed E-state index contributed by atoms with van der Waals surface area (Å²) in [5.41, 5.74) is 0. The fourth-order valence-electron chi connectivity index (χ4n) is 2.41. The number of aliphatic imine (C=N–C) groups is 1. The van der Waals surface area contributed by atoms with E-state index in [9.17, 15) is 0 Å². The Bertz CT molecular complexity index is 272. The molecule has 2 fully saturated rings. The Hall–Kier alpha value is -0.220. The Morgan fingerprint density at radius 1 is 1.38 bits per heavy atom. The van der Waals surface area contributed by atoms with Gasteiger partial charge in [-0.3, -0.25) is 4.99 Å². The predicted octanol–water partition coefficient (Wildman–Crippen LogP) is 2.03. The molecular weight excluding hydrogens is 220 g/mol. The largest absolute Gasteiger partial charge is 0.378 e. The molecule has 2 aliphatic heterocycles. The highest BCUT2D eigenvalue weighted by atomic mass is 32.2. The van der Waals surface area contributed by atoms with Crippen LogP contribution in [0.15, 0.2) is 4.99 Å². The average molecular weight is 240 g/mol. The normalized spacial score (nSPS) is 34.1. The van der Waals surface area contributed by atoms with E-state index in [4.69, 9.17) is 4.74 Å². The van der Waals surface area contributed by atoms with Gasteiger partial charge in [0, 0.05) is 18.4 Å². The summed E-state index contributed by atoms with van der Waals surface area (Å²) in [6.07, 6.45) is 6.97. The highest BCUT2D eigenvalue weighted by molar-refractivity contribution is 8.14. The van der Waals surface area contributed by atoms with Crippen molar-refractivity contribution in [1.29, 1.82) is 0 Å². The summed E-state index contributed by atoms with van der Waals surface area (Å²) in [7, 11) is 0. The van der Waals surface area contributed by atoms with Crippen molar-refractivity contribution in [1.82, 2.24) is 5.32 Å². The maximum absolute atomic E-state index is 5.60. The van der Waals surface area contributed by atoms with Crippen molar-refractivity contribution in [3.05, 3.63) is 0 Å². The minimum Gasteiger partial charge on any atom is -0.378 e. The molecule has 0 spiro atoms.